The monoisotopic (exact) mass is 231 g/mol. The molecule has 1 N–H and O–H groups in total. The Labute approximate surface area is 101 Å². The maximum absolute atomic E-state index is 12.3. The first-order valence-corrected chi connectivity index (χ1v) is 5.65. The first kappa shape index (κ1) is 11.9. The van der Waals surface area contributed by atoms with Crippen LogP contribution >= 0.6 is 0 Å². The van der Waals surface area contributed by atoms with Crippen LogP contribution in [0.4, 0.5) is 0 Å². The Balaban J connectivity index is 2.78. The summed E-state index contributed by atoms with van der Waals surface area (Å²) < 4.78 is 1.98. The molecule has 0 amide bonds. The van der Waals surface area contributed by atoms with E-state index in [1.807, 2.05) is 42.8 Å². The van der Waals surface area contributed by atoms with Gasteiger partial charge in [0.05, 0.1) is 0 Å². The largest absolute Gasteiger partial charge is 0.382 e. The van der Waals surface area contributed by atoms with Crippen molar-refractivity contribution in [1.82, 2.24) is 4.57 Å². The zero-order valence-electron chi connectivity index (χ0n) is 10.6. The third-order valence-electron chi connectivity index (χ3n) is 3.18. The molecule has 0 atom stereocenters. The molecule has 0 aliphatic rings. The first-order valence-electron chi connectivity index (χ1n) is 5.65. The number of para-hydroxylation sites is 1. The zero-order chi connectivity index (χ0) is 12.8. The highest BCUT2D eigenvalue weighted by Gasteiger charge is 2.29. The van der Waals surface area contributed by atoms with Crippen molar-refractivity contribution in [3.8, 4) is 0 Å². The van der Waals surface area contributed by atoms with Gasteiger partial charge in [0, 0.05) is 29.2 Å². The molecule has 0 spiro atoms. The van der Waals surface area contributed by atoms with E-state index < -0.39 is 5.60 Å². The Kier molecular flexibility index (Phi) is 2.59. The highest BCUT2D eigenvalue weighted by Crippen LogP contribution is 2.27. The lowest BCUT2D eigenvalue weighted by atomic mass is 9.95. The predicted octanol–water partition coefficient (Wildman–Crippen LogP) is 2.44. The first-order chi connectivity index (χ1) is 7.84. The molecule has 1 heterocycles. The standard InChI is InChI=1S/C14H17NO2/c1-9-12(13(16)14(2,3)17)10-7-5-6-8-11(10)15(9)4/h5-8,17H,1-4H3. The second-order valence-electron chi connectivity index (χ2n) is 4.92. The number of Topliss-reactive ketones (excluding diaryl/α,β-unsaturated/α-hetero) is 1. The van der Waals surface area contributed by atoms with Crippen molar-refractivity contribution in [2.24, 2.45) is 7.05 Å². The lowest BCUT2D eigenvalue weighted by molar-refractivity contribution is 0.0489. The minimum Gasteiger partial charge on any atom is -0.382 e. The Morgan fingerprint density at radius 1 is 1.29 bits per heavy atom. The molecule has 0 unspecified atom stereocenters. The maximum atomic E-state index is 12.3. The van der Waals surface area contributed by atoms with Crippen LogP contribution < -0.4 is 0 Å². The van der Waals surface area contributed by atoms with Crippen LogP contribution in [0.5, 0.6) is 0 Å². The number of rotatable bonds is 2. The van der Waals surface area contributed by atoms with Gasteiger partial charge in [-0.15, -0.1) is 0 Å². The summed E-state index contributed by atoms with van der Waals surface area (Å²) in [5.41, 5.74) is 1.18. The number of fused-ring (bicyclic) bond motifs is 1. The average molecular weight is 231 g/mol. The SMILES string of the molecule is Cc1c(C(=O)C(C)(C)O)c2ccccc2n1C. The van der Waals surface area contributed by atoms with Gasteiger partial charge in [0.1, 0.15) is 5.60 Å². The van der Waals surface area contributed by atoms with E-state index in [0.717, 1.165) is 16.6 Å². The molecule has 0 aliphatic carbocycles. The van der Waals surface area contributed by atoms with Gasteiger partial charge >= 0.3 is 0 Å². The molecule has 2 rings (SSSR count). The number of carbonyl (C=O) groups is 1. The smallest absolute Gasteiger partial charge is 0.196 e. The zero-order valence-corrected chi connectivity index (χ0v) is 10.6. The van der Waals surface area contributed by atoms with Crippen molar-refractivity contribution >= 4 is 16.7 Å². The summed E-state index contributed by atoms with van der Waals surface area (Å²) in [4.78, 5) is 12.3. The third-order valence-corrected chi connectivity index (χ3v) is 3.18. The minimum atomic E-state index is -1.34. The minimum absolute atomic E-state index is 0.230. The number of ketones is 1. The van der Waals surface area contributed by atoms with Gasteiger partial charge in [-0.05, 0) is 26.8 Å². The number of hydrogen-bond acceptors (Lipinski definition) is 2. The van der Waals surface area contributed by atoms with Crippen molar-refractivity contribution in [3.05, 3.63) is 35.5 Å². The van der Waals surface area contributed by atoms with E-state index in [0.29, 0.717) is 5.56 Å². The molecule has 0 saturated heterocycles. The van der Waals surface area contributed by atoms with E-state index in [1.54, 1.807) is 0 Å². The molecule has 0 fully saturated rings. The van der Waals surface area contributed by atoms with Gasteiger partial charge in [-0.1, -0.05) is 18.2 Å². The number of carbonyl (C=O) groups excluding carboxylic acids is 1. The molecule has 0 saturated carbocycles. The summed E-state index contributed by atoms with van der Waals surface area (Å²) in [6.45, 7) is 4.95. The molecule has 0 bridgehead atoms. The van der Waals surface area contributed by atoms with Gasteiger partial charge in [-0.3, -0.25) is 4.79 Å². The molecule has 1 aromatic carbocycles. The molecule has 0 radical (unpaired) electrons. The van der Waals surface area contributed by atoms with E-state index in [1.165, 1.54) is 13.8 Å². The second-order valence-corrected chi connectivity index (χ2v) is 4.92. The molecule has 3 heteroatoms. The van der Waals surface area contributed by atoms with E-state index in [-0.39, 0.29) is 5.78 Å². The second kappa shape index (κ2) is 3.70. The topological polar surface area (TPSA) is 42.2 Å². The summed E-state index contributed by atoms with van der Waals surface area (Å²) in [5, 5.41) is 10.8. The van der Waals surface area contributed by atoms with Crippen molar-refractivity contribution in [2.75, 3.05) is 0 Å². The number of aryl methyl sites for hydroxylation is 1. The van der Waals surface area contributed by atoms with Crippen LogP contribution in [0.25, 0.3) is 10.9 Å². The van der Waals surface area contributed by atoms with Crippen LogP contribution in [0.15, 0.2) is 24.3 Å². The van der Waals surface area contributed by atoms with Gasteiger partial charge < -0.3 is 9.67 Å². The molecule has 17 heavy (non-hydrogen) atoms. The van der Waals surface area contributed by atoms with E-state index >= 15 is 0 Å². The van der Waals surface area contributed by atoms with Crippen molar-refractivity contribution in [2.45, 2.75) is 26.4 Å². The van der Waals surface area contributed by atoms with E-state index in [2.05, 4.69) is 0 Å². The number of hydrogen-bond donors (Lipinski definition) is 1. The molecule has 3 nitrogen and oxygen atoms in total. The van der Waals surface area contributed by atoms with E-state index in [9.17, 15) is 9.90 Å². The van der Waals surface area contributed by atoms with Crippen molar-refractivity contribution in [1.29, 1.82) is 0 Å². The molecular weight excluding hydrogens is 214 g/mol. The van der Waals surface area contributed by atoms with Gasteiger partial charge in [0.25, 0.3) is 0 Å². The van der Waals surface area contributed by atoms with Gasteiger partial charge in [-0.25, -0.2) is 0 Å². The van der Waals surface area contributed by atoms with Gasteiger partial charge in [0.15, 0.2) is 5.78 Å². The van der Waals surface area contributed by atoms with Crippen LogP contribution in [0.3, 0.4) is 0 Å². The number of aromatic nitrogens is 1. The Morgan fingerprint density at radius 2 is 1.88 bits per heavy atom. The Hall–Kier alpha value is -1.61. The van der Waals surface area contributed by atoms with Crippen LogP contribution in [0.2, 0.25) is 0 Å². The summed E-state index contributed by atoms with van der Waals surface area (Å²) in [7, 11) is 1.93. The molecular formula is C14H17NO2. The lowest BCUT2D eigenvalue weighted by Crippen LogP contribution is -2.31. The summed E-state index contributed by atoms with van der Waals surface area (Å²) in [6.07, 6.45) is 0. The summed E-state index contributed by atoms with van der Waals surface area (Å²) >= 11 is 0. The van der Waals surface area contributed by atoms with Gasteiger partial charge in [-0.2, -0.15) is 0 Å². The highest BCUT2D eigenvalue weighted by molar-refractivity contribution is 6.12. The van der Waals surface area contributed by atoms with Crippen LogP contribution in [-0.2, 0) is 7.05 Å². The fraction of sp³-hybridized carbons (Fsp3) is 0.357. The van der Waals surface area contributed by atoms with Crippen LogP contribution in [0.1, 0.15) is 29.9 Å². The predicted molar refractivity (Wildman–Crippen MR) is 68.3 cm³/mol. The normalized spacial score (nSPS) is 12.1. The summed E-state index contributed by atoms with van der Waals surface area (Å²) in [6, 6.07) is 7.74. The van der Waals surface area contributed by atoms with Gasteiger partial charge in [0.2, 0.25) is 0 Å². The molecule has 90 valence electrons. The molecule has 2 aromatic rings. The lowest BCUT2D eigenvalue weighted by Gasteiger charge is -2.15. The summed E-state index contributed by atoms with van der Waals surface area (Å²) in [5.74, 6) is -0.230. The van der Waals surface area contributed by atoms with E-state index in [4.69, 9.17) is 0 Å². The van der Waals surface area contributed by atoms with Crippen molar-refractivity contribution < 1.29 is 9.90 Å². The van der Waals surface area contributed by atoms with Crippen LogP contribution in [-0.4, -0.2) is 21.1 Å². The fourth-order valence-electron chi connectivity index (χ4n) is 2.11. The number of benzene rings is 1. The quantitative estimate of drug-likeness (QED) is 0.807. The number of nitrogens with zero attached hydrogens (tertiary/aromatic N) is 1. The number of aliphatic hydroxyl groups is 1. The Morgan fingerprint density at radius 3 is 2.47 bits per heavy atom. The molecule has 1 aromatic heterocycles. The third kappa shape index (κ3) is 1.76. The highest BCUT2D eigenvalue weighted by atomic mass is 16.3. The Bertz CT molecular complexity index is 588. The van der Waals surface area contributed by atoms with Crippen molar-refractivity contribution in [3.63, 3.8) is 0 Å². The van der Waals surface area contributed by atoms with Crippen LogP contribution in [0, 0.1) is 6.92 Å². The average Bonchev–Trinajstić information content (AvgIpc) is 2.51. The fourth-order valence-corrected chi connectivity index (χ4v) is 2.11. The maximum Gasteiger partial charge on any atom is 0.196 e. The molecule has 0 aliphatic heterocycles.